The third-order valence-electron chi connectivity index (χ3n) is 2.95. The van der Waals surface area contributed by atoms with E-state index in [4.69, 9.17) is 0 Å². The van der Waals surface area contributed by atoms with Crippen LogP contribution in [0.3, 0.4) is 0 Å². The molecule has 1 N–H and O–H groups in total. The quantitative estimate of drug-likeness (QED) is 0.765. The van der Waals surface area contributed by atoms with Crippen molar-refractivity contribution in [1.82, 2.24) is 14.8 Å². The van der Waals surface area contributed by atoms with Gasteiger partial charge in [-0.1, -0.05) is 18.2 Å². The van der Waals surface area contributed by atoms with E-state index in [0.717, 1.165) is 26.2 Å². The van der Waals surface area contributed by atoms with E-state index in [0.29, 0.717) is 0 Å². The average Bonchev–Trinajstić information content (AvgIpc) is 2.72. The number of hydrogen-bond acceptors (Lipinski definition) is 2. The lowest BCUT2D eigenvalue weighted by atomic mass is 10.2. The molecular formula is C14H21N3. The Balaban J connectivity index is 1.83. The van der Waals surface area contributed by atoms with E-state index >= 15 is 0 Å². The number of nitrogens with zero attached hydrogens (tertiary/aromatic N) is 2. The minimum absolute atomic E-state index is 1.02. The molecule has 0 bridgehead atoms. The van der Waals surface area contributed by atoms with Gasteiger partial charge in [0.05, 0.1) is 0 Å². The van der Waals surface area contributed by atoms with Gasteiger partial charge in [0, 0.05) is 37.9 Å². The molecule has 2 rings (SSSR count). The smallest absolute Gasteiger partial charge is 0.0480 e. The van der Waals surface area contributed by atoms with Crippen molar-refractivity contribution in [1.29, 1.82) is 0 Å². The second-order valence-corrected chi connectivity index (χ2v) is 4.62. The number of nitrogens with one attached hydrogen (secondary N) is 1. The fourth-order valence-electron chi connectivity index (χ4n) is 1.96. The molecule has 0 unspecified atom stereocenters. The number of likely N-dealkylation sites (N-methyl/N-ethyl adjacent to an activating group) is 1. The summed E-state index contributed by atoms with van der Waals surface area (Å²) in [6, 6.07) is 10.7. The molecule has 3 heteroatoms. The molecule has 1 heterocycles. The summed E-state index contributed by atoms with van der Waals surface area (Å²) in [5.74, 6) is 0. The molecule has 0 aliphatic heterocycles. The summed E-state index contributed by atoms with van der Waals surface area (Å²) in [6.07, 6.45) is 2.16. The molecule has 2 aromatic rings. The van der Waals surface area contributed by atoms with Crippen LogP contribution in [0.2, 0.25) is 0 Å². The molecule has 0 aliphatic rings. The van der Waals surface area contributed by atoms with Gasteiger partial charge < -0.3 is 14.8 Å². The Morgan fingerprint density at radius 1 is 1.12 bits per heavy atom. The predicted octanol–water partition coefficient (Wildman–Crippen LogP) is 1.79. The van der Waals surface area contributed by atoms with E-state index in [1.807, 2.05) is 0 Å². The van der Waals surface area contributed by atoms with E-state index in [1.54, 1.807) is 0 Å². The predicted molar refractivity (Wildman–Crippen MR) is 73.4 cm³/mol. The second-order valence-electron chi connectivity index (χ2n) is 4.62. The first kappa shape index (κ1) is 12.1. The lowest BCUT2D eigenvalue weighted by molar-refractivity contribution is 0.398. The molecule has 1 aromatic carbocycles. The Kier molecular flexibility index (Phi) is 4.18. The summed E-state index contributed by atoms with van der Waals surface area (Å²) in [5, 5.41) is 4.78. The van der Waals surface area contributed by atoms with Gasteiger partial charge in [-0.3, -0.25) is 0 Å². The van der Waals surface area contributed by atoms with Crippen molar-refractivity contribution in [3.63, 3.8) is 0 Å². The van der Waals surface area contributed by atoms with Gasteiger partial charge in [0.1, 0.15) is 0 Å². The van der Waals surface area contributed by atoms with Crippen LogP contribution < -0.4 is 5.32 Å². The maximum Gasteiger partial charge on any atom is 0.0480 e. The third-order valence-corrected chi connectivity index (χ3v) is 2.95. The molecule has 17 heavy (non-hydrogen) atoms. The zero-order chi connectivity index (χ0) is 12.1. The summed E-state index contributed by atoms with van der Waals surface area (Å²) in [6.45, 7) is 4.19. The molecule has 0 atom stereocenters. The van der Waals surface area contributed by atoms with Crippen LogP contribution in [0.5, 0.6) is 0 Å². The highest BCUT2D eigenvalue weighted by Gasteiger charge is 1.98. The maximum absolute atomic E-state index is 3.46. The number of para-hydroxylation sites is 1. The van der Waals surface area contributed by atoms with Gasteiger partial charge in [0.15, 0.2) is 0 Å². The SMILES string of the molecule is CN(C)CCNCCn1ccc2ccccc21. The van der Waals surface area contributed by atoms with E-state index in [-0.39, 0.29) is 0 Å². The summed E-state index contributed by atoms with van der Waals surface area (Å²) >= 11 is 0. The van der Waals surface area contributed by atoms with Crippen molar-refractivity contribution >= 4 is 10.9 Å². The molecule has 0 fully saturated rings. The topological polar surface area (TPSA) is 20.2 Å². The third kappa shape index (κ3) is 3.32. The molecule has 0 amide bonds. The summed E-state index contributed by atoms with van der Waals surface area (Å²) < 4.78 is 2.30. The van der Waals surface area contributed by atoms with E-state index in [1.165, 1.54) is 10.9 Å². The Morgan fingerprint density at radius 3 is 2.76 bits per heavy atom. The normalized spacial score (nSPS) is 11.5. The first-order valence-electron chi connectivity index (χ1n) is 6.17. The molecule has 92 valence electrons. The van der Waals surface area contributed by atoms with Crippen LogP contribution in [0.4, 0.5) is 0 Å². The average molecular weight is 231 g/mol. The fraction of sp³-hybridized carbons (Fsp3) is 0.429. The van der Waals surface area contributed by atoms with Crippen molar-refractivity contribution in [2.45, 2.75) is 6.54 Å². The molecular weight excluding hydrogens is 210 g/mol. The molecule has 0 saturated heterocycles. The van der Waals surface area contributed by atoms with Crippen LogP contribution in [0.1, 0.15) is 0 Å². The number of hydrogen-bond donors (Lipinski definition) is 1. The maximum atomic E-state index is 3.46. The molecule has 0 spiro atoms. The van der Waals surface area contributed by atoms with Crippen molar-refractivity contribution in [2.24, 2.45) is 0 Å². The monoisotopic (exact) mass is 231 g/mol. The number of benzene rings is 1. The van der Waals surface area contributed by atoms with Crippen LogP contribution in [-0.2, 0) is 6.54 Å². The molecule has 0 aliphatic carbocycles. The first-order chi connectivity index (χ1) is 8.27. The van der Waals surface area contributed by atoms with Crippen molar-refractivity contribution in [3.05, 3.63) is 36.5 Å². The molecule has 1 aromatic heterocycles. The van der Waals surface area contributed by atoms with Gasteiger partial charge in [0.2, 0.25) is 0 Å². The highest BCUT2D eigenvalue weighted by atomic mass is 15.1. The zero-order valence-electron chi connectivity index (χ0n) is 10.7. The molecule has 0 radical (unpaired) electrons. The van der Waals surface area contributed by atoms with Crippen LogP contribution in [0.25, 0.3) is 10.9 Å². The Hall–Kier alpha value is -1.32. The lowest BCUT2D eigenvalue weighted by Crippen LogP contribution is -2.28. The number of fused-ring (bicyclic) bond motifs is 1. The van der Waals surface area contributed by atoms with Gasteiger partial charge in [-0.2, -0.15) is 0 Å². The van der Waals surface area contributed by atoms with Crippen LogP contribution in [0, 0.1) is 0 Å². The van der Waals surface area contributed by atoms with Crippen molar-refractivity contribution in [2.75, 3.05) is 33.7 Å². The highest BCUT2D eigenvalue weighted by Crippen LogP contribution is 2.14. The van der Waals surface area contributed by atoms with E-state index in [2.05, 4.69) is 65.4 Å². The van der Waals surface area contributed by atoms with Crippen LogP contribution in [0.15, 0.2) is 36.5 Å². The zero-order valence-corrected chi connectivity index (χ0v) is 10.7. The summed E-state index contributed by atoms with van der Waals surface area (Å²) in [4.78, 5) is 2.19. The Bertz CT molecular complexity index is 459. The second kappa shape index (κ2) is 5.84. The molecule has 0 saturated carbocycles. The lowest BCUT2D eigenvalue weighted by Gasteiger charge is -2.11. The van der Waals surface area contributed by atoms with Gasteiger partial charge in [-0.15, -0.1) is 0 Å². The Morgan fingerprint density at radius 2 is 1.94 bits per heavy atom. The Labute approximate surface area is 103 Å². The van der Waals surface area contributed by atoms with E-state index < -0.39 is 0 Å². The summed E-state index contributed by atoms with van der Waals surface area (Å²) in [5.41, 5.74) is 1.32. The number of aromatic nitrogens is 1. The minimum Gasteiger partial charge on any atom is -0.346 e. The number of rotatable bonds is 6. The van der Waals surface area contributed by atoms with Gasteiger partial charge in [-0.25, -0.2) is 0 Å². The van der Waals surface area contributed by atoms with Crippen molar-refractivity contribution in [3.8, 4) is 0 Å². The largest absolute Gasteiger partial charge is 0.346 e. The molecule has 3 nitrogen and oxygen atoms in total. The van der Waals surface area contributed by atoms with Crippen LogP contribution in [-0.4, -0.2) is 43.2 Å². The fourth-order valence-corrected chi connectivity index (χ4v) is 1.96. The van der Waals surface area contributed by atoms with Gasteiger partial charge >= 0.3 is 0 Å². The first-order valence-corrected chi connectivity index (χ1v) is 6.17. The van der Waals surface area contributed by atoms with Gasteiger partial charge in [0.25, 0.3) is 0 Å². The standard InChI is InChI=1S/C14H21N3/c1-16(2)11-8-15-9-12-17-10-7-13-5-3-4-6-14(13)17/h3-7,10,15H,8-9,11-12H2,1-2H3. The van der Waals surface area contributed by atoms with E-state index in [9.17, 15) is 0 Å². The van der Waals surface area contributed by atoms with Crippen LogP contribution >= 0.6 is 0 Å². The highest BCUT2D eigenvalue weighted by molar-refractivity contribution is 5.79. The summed E-state index contributed by atoms with van der Waals surface area (Å²) in [7, 11) is 4.20. The van der Waals surface area contributed by atoms with Gasteiger partial charge in [-0.05, 0) is 31.6 Å². The van der Waals surface area contributed by atoms with Crippen molar-refractivity contribution < 1.29 is 0 Å². The minimum atomic E-state index is 1.02.